The average Bonchev–Trinajstić information content (AvgIpc) is 2.86. The van der Waals surface area contributed by atoms with E-state index in [1.807, 2.05) is 0 Å². The summed E-state index contributed by atoms with van der Waals surface area (Å²) in [6, 6.07) is 32.8. The van der Waals surface area contributed by atoms with E-state index in [-0.39, 0.29) is 23.0 Å². The van der Waals surface area contributed by atoms with Crippen LogP contribution in [0.5, 0.6) is 23.0 Å². The van der Waals surface area contributed by atoms with Crippen LogP contribution in [0.3, 0.4) is 0 Å². The molecule has 0 atom stereocenters. The molecule has 4 aromatic rings. The van der Waals surface area contributed by atoms with Gasteiger partial charge in [0.05, 0.1) is 0 Å². The van der Waals surface area contributed by atoms with E-state index in [0.717, 1.165) is 0 Å². The monoisotopic (exact) mass is 582 g/mol. The van der Waals surface area contributed by atoms with Crippen LogP contribution >= 0.6 is 15.6 Å². The molecule has 0 saturated heterocycles. The molecule has 0 saturated carbocycles. The molecular formula is C24H20CrO10P2. The van der Waals surface area contributed by atoms with Gasteiger partial charge >= 0.3 is 38.3 Å². The summed E-state index contributed by atoms with van der Waals surface area (Å²) in [5.74, 6) is 0.895. The molecule has 0 fully saturated rings. The molecule has 13 heteroatoms. The second-order valence-electron chi connectivity index (χ2n) is 6.58. The van der Waals surface area contributed by atoms with Gasteiger partial charge in [0.15, 0.2) is 0 Å². The van der Waals surface area contributed by atoms with Gasteiger partial charge in [-0.25, -0.2) is 9.13 Å². The normalized spacial score (nSPS) is 10.2. The summed E-state index contributed by atoms with van der Waals surface area (Å²) in [6.07, 6.45) is 0. The van der Waals surface area contributed by atoms with Gasteiger partial charge in [0.1, 0.15) is 23.0 Å². The van der Waals surface area contributed by atoms with Crippen LogP contribution in [0.25, 0.3) is 0 Å². The van der Waals surface area contributed by atoms with Gasteiger partial charge in [-0.05, 0) is 48.5 Å². The number of para-hydroxylation sites is 4. The molecular weight excluding hydrogens is 562 g/mol. The Morgan fingerprint density at radius 3 is 0.757 bits per heavy atom. The number of hydrogen-bond donors (Lipinski definition) is 0. The van der Waals surface area contributed by atoms with E-state index in [4.69, 9.17) is 25.7 Å². The fourth-order valence-electron chi connectivity index (χ4n) is 2.48. The molecule has 0 unspecified atom stereocenters. The number of benzene rings is 4. The Kier molecular flexibility index (Phi) is 12.6. The molecule has 0 amide bonds. The number of rotatable bonds is 8. The average molecular weight is 582 g/mol. The minimum absolute atomic E-state index is 0.224. The summed E-state index contributed by atoms with van der Waals surface area (Å²) in [6.45, 7) is 0. The quantitative estimate of drug-likeness (QED) is 0.260. The minimum atomic E-state index is -4.39. The van der Waals surface area contributed by atoms with Crippen LogP contribution in [-0.4, -0.2) is 0 Å². The first kappa shape index (κ1) is 29.8. The van der Waals surface area contributed by atoms with Crippen LogP contribution < -0.4 is 27.9 Å². The van der Waals surface area contributed by atoms with Crippen LogP contribution in [0, 0.1) is 0 Å². The van der Waals surface area contributed by atoms with Gasteiger partial charge in [-0.15, -0.1) is 0 Å². The van der Waals surface area contributed by atoms with Gasteiger partial charge in [0.2, 0.25) is 0 Å². The van der Waals surface area contributed by atoms with Crippen molar-refractivity contribution < 1.29 is 59.7 Å². The summed E-state index contributed by atoms with van der Waals surface area (Å²) in [4.78, 5) is 23.1. The zero-order chi connectivity index (χ0) is 27.0. The molecule has 4 aromatic carbocycles. The van der Waals surface area contributed by atoms with Crippen LogP contribution in [0.15, 0.2) is 121 Å². The molecule has 0 aromatic heterocycles. The molecule has 37 heavy (non-hydrogen) atoms. The van der Waals surface area contributed by atoms with Gasteiger partial charge in [-0.2, -0.15) is 0 Å². The Morgan fingerprint density at radius 2 is 0.595 bits per heavy atom. The number of phosphoric ester groups is 2. The van der Waals surface area contributed by atoms with Crippen molar-refractivity contribution in [2.45, 2.75) is 0 Å². The standard InChI is InChI=1S/2C12H11O4P.Cr.2O/c2*13-17(14,15-11-7-3-1-4-8-11)16-12-9-5-2-6-10-12;;;/h2*1-10H,(H,13,14);;;/q;;+2;;/p-2. The SMILES string of the molecule is O=P([O-])(Oc1ccccc1)Oc1ccccc1.O=P([O-])(Oc1ccccc1)Oc1ccccc1.[O]=[Cr+2]=[O]. The third-order valence-electron chi connectivity index (χ3n) is 3.84. The van der Waals surface area contributed by atoms with Crippen molar-refractivity contribution in [3.05, 3.63) is 121 Å². The molecule has 4 rings (SSSR count). The Hall–Kier alpha value is -3.41. The van der Waals surface area contributed by atoms with E-state index in [2.05, 4.69) is 0 Å². The summed E-state index contributed by atoms with van der Waals surface area (Å²) < 4.78 is 59.1. The van der Waals surface area contributed by atoms with Gasteiger partial charge in [-0.1, -0.05) is 72.8 Å². The molecule has 0 heterocycles. The Labute approximate surface area is 219 Å². The molecule has 0 spiro atoms. The van der Waals surface area contributed by atoms with E-state index in [0.29, 0.717) is 0 Å². The number of hydrogen-bond acceptors (Lipinski definition) is 10. The predicted molar refractivity (Wildman–Crippen MR) is 125 cm³/mol. The molecule has 0 aliphatic rings. The Morgan fingerprint density at radius 1 is 0.432 bits per heavy atom. The van der Waals surface area contributed by atoms with Crippen molar-refractivity contribution in [1.29, 1.82) is 0 Å². The predicted octanol–water partition coefficient (Wildman–Crippen LogP) is 4.99. The second kappa shape index (κ2) is 15.6. The summed E-state index contributed by atoms with van der Waals surface area (Å²) in [5, 5.41) is 0. The molecule has 0 bridgehead atoms. The molecule has 0 N–H and O–H groups in total. The van der Waals surface area contributed by atoms with E-state index in [1.54, 1.807) is 121 Å². The molecule has 0 radical (unpaired) electrons. The Balaban J connectivity index is 0.000000235. The van der Waals surface area contributed by atoms with Crippen molar-refractivity contribution in [2.75, 3.05) is 0 Å². The van der Waals surface area contributed by atoms with Crippen molar-refractivity contribution in [2.24, 2.45) is 0 Å². The van der Waals surface area contributed by atoms with Crippen molar-refractivity contribution in [1.82, 2.24) is 0 Å². The topological polar surface area (TPSA) is 151 Å². The molecule has 0 aliphatic heterocycles. The van der Waals surface area contributed by atoms with E-state index >= 15 is 0 Å². The third kappa shape index (κ3) is 12.9. The molecule has 10 nitrogen and oxygen atoms in total. The van der Waals surface area contributed by atoms with Gasteiger partial charge in [0.25, 0.3) is 0 Å². The van der Waals surface area contributed by atoms with E-state index < -0.39 is 30.7 Å². The van der Waals surface area contributed by atoms with Crippen molar-refractivity contribution in [3.63, 3.8) is 0 Å². The fourth-order valence-corrected chi connectivity index (χ4v) is 4.07. The maximum atomic E-state index is 11.6. The zero-order valence-electron chi connectivity index (χ0n) is 18.9. The van der Waals surface area contributed by atoms with E-state index in [1.165, 1.54) is 0 Å². The summed E-state index contributed by atoms with van der Waals surface area (Å²) >= 11 is -1.62. The van der Waals surface area contributed by atoms with Crippen molar-refractivity contribution >= 4 is 15.6 Å². The van der Waals surface area contributed by atoms with Crippen molar-refractivity contribution in [3.8, 4) is 23.0 Å². The molecule has 0 aliphatic carbocycles. The second-order valence-corrected chi connectivity index (χ2v) is 9.31. The van der Waals surface area contributed by atoms with Gasteiger partial charge < -0.3 is 27.9 Å². The van der Waals surface area contributed by atoms with Gasteiger partial charge in [-0.3, -0.25) is 0 Å². The first-order chi connectivity index (χ1) is 17.7. The first-order valence-electron chi connectivity index (χ1n) is 10.3. The maximum absolute atomic E-state index is 11.6. The first-order valence-corrected chi connectivity index (χ1v) is 14.2. The Bertz CT molecular complexity index is 1130. The zero-order valence-corrected chi connectivity index (χ0v) is 22.0. The van der Waals surface area contributed by atoms with E-state index in [9.17, 15) is 18.9 Å². The third-order valence-corrected chi connectivity index (χ3v) is 5.58. The van der Waals surface area contributed by atoms with Gasteiger partial charge in [0, 0.05) is 0 Å². The fraction of sp³-hybridized carbons (Fsp3) is 0. The van der Waals surface area contributed by atoms with Crippen LogP contribution in [-0.2, 0) is 31.8 Å². The number of phosphoric acid groups is 2. The molecule has 192 valence electrons. The summed E-state index contributed by atoms with van der Waals surface area (Å²) in [7, 11) is -8.77. The van der Waals surface area contributed by atoms with Crippen LogP contribution in [0.1, 0.15) is 0 Å². The van der Waals surface area contributed by atoms with Crippen LogP contribution in [0.4, 0.5) is 0 Å². The summed E-state index contributed by atoms with van der Waals surface area (Å²) in [5.41, 5.74) is 0. The van der Waals surface area contributed by atoms with Crippen LogP contribution in [0.2, 0.25) is 0 Å².